The first kappa shape index (κ1) is 12.3. The monoisotopic (exact) mass is 237 g/mol. The van der Waals surface area contributed by atoms with Gasteiger partial charge in [-0.2, -0.15) is 5.26 Å². The third-order valence-corrected chi connectivity index (χ3v) is 2.95. The van der Waals surface area contributed by atoms with Gasteiger partial charge in [0.15, 0.2) is 0 Å². The summed E-state index contributed by atoms with van der Waals surface area (Å²) in [6.45, 7) is 0. The SMILES string of the molecule is N#Cc1cccc(C(O)CCc2ccccc2)c1. The van der Waals surface area contributed by atoms with E-state index in [1.54, 1.807) is 18.2 Å². The first-order valence-corrected chi connectivity index (χ1v) is 6.01. The summed E-state index contributed by atoms with van der Waals surface area (Å²) in [4.78, 5) is 0. The summed E-state index contributed by atoms with van der Waals surface area (Å²) in [6.07, 6.45) is 0.982. The zero-order chi connectivity index (χ0) is 12.8. The number of aryl methyl sites for hydroxylation is 1. The molecular formula is C16H15NO. The number of nitrogens with zero attached hydrogens (tertiary/aromatic N) is 1. The van der Waals surface area contributed by atoms with Crippen molar-refractivity contribution < 1.29 is 5.11 Å². The Morgan fingerprint density at radius 3 is 2.56 bits per heavy atom. The molecule has 0 bridgehead atoms. The normalized spacial score (nSPS) is 11.8. The Morgan fingerprint density at radius 2 is 1.83 bits per heavy atom. The minimum Gasteiger partial charge on any atom is -0.388 e. The summed E-state index contributed by atoms with van der Waals surface area (Å²) in [5, 5.41) is 18.9. The van der Waals surface area contributed by atoms with E-state index in [4.69, 9.17) is 5.26 Å². The quantitative estimate of drug-likeness (QED) is 0.887. The third kappa shape index (κ3) is 3.19. The molecule has 2 aromatic carbocycles. The van der Waals surface area contributed by atoms with Gasteiger partial charge in [-0.1, -0.05) is 42.5 Å². The third-order valence-electron chi connectivity index (χ3n) is 2.95. The zero-order valence-electron chi connectivity index (χ0n) is 10.1. The van der Waals surface area contributed by atoms with Gasteiger partial charge in [-0.3, -0.25) is 0 Å². The molecule has 1 unspecified atom stereocenters. The Bertz CT molecular complexity index is 543. The Labute approximate surface area is 107 Å². The fourth-order valence-electron chi connectivity index (χ4n) is 1.93. The van der Waals surface area contributed by atoms with Crippen LogP contribution in [0.3, 0.4) is 0 Å². The highest BCUT2D eigenvalue weighted by Crippen LogP contribution is 2.19. The van der Waals surface area contributed by atoms with Crippen molar-refractivity contribution in [3.05, 3.63) is 71.3 Å². The summed E-state index contributed by atoms with van der Waals surface area (Å²) in [6, 6.07) is 19.3. The summed E-state index contributed by atoms with van der Waals surface area (Å²) in [7, 11) is 0. The number of nitriles is 1. The van der Waals surface area contributed by atoms with Crippen LogP contribution < -0.4 is 0 Å². The van der Waals surface area contributed by atoms with E-state index in [-0.39, 0.29) is 0 Å². The van der Waals surface area contributed by atoms with E-state index in [1.165, 1.54) is 5.56 Å². The maximum absolute atomic E-state index is 10.1. The molecule has 2 rings (SSSR count). The molecule has 1 N–H and O–H groups in total. The second kappa shape index (κ2) is 6.00. The van der Waals surface area contributed by atoms with Crippen LogP contribution in [0.4, 0.5) is 0 Å². The molecule has 0 aliphatic rings. The Hall–Kier alpha value is -2.11. The van der Waals surface area contributed by atoms with Crippen molar-refractivity contribution in [1.82, 2.24) is 0 Å². The molecular weight excluding hydrogens is 222 g/mol. The van der Waals surface area contributed by atoms with Gasteiger partial charge in [-0.05, 0) is 36.1 Å². The van der Waals surface area contributed by atoms with Gasteiger partial charge in [0, 0.05) is 0 Å². The molecule has 2 nitrogen and oxygen atoms in total. The minimum atomic E-state index is -0.515. The van der Waals surface area contributed by atoms with Gasteiger partial charge in [0.05, 0.1) is 17.7 Å². The molecule has 0 saturated heterocycles. The van der Waals surface area contributed by atoms with Crippen molar-refractivity contribution in [2.45, 2.75) is 18.9 Å². The van der Waals surface area contributed by atoms with Crippen molar-refractivity contribution in [3.63, 3.8) is 0 Å². The molecule has 18 heavy (non-hydrogen) atoms. The lowest BCUT2D eigenvalue weighted by atomic mass is 10.00. The first-order chi connectivity index (χ1) is 8.79. The smallest absolute Gasteiger partial charge is 0.0991 e. The van der Waals surface area contributed by atoms with Crippen molar-refractivity contribution in [1.29, 1.82) is 5.26 Å². The van der Waals surface area contributed by atoms with Crippen molar-refractivity contribution in [2.24, 2.45) is 0 Å². The standard InChI is InChI=1S/C16H15NO/c17-12-14-7-4-8-15(11-14)16(18)10-9-13-5-2-1-3-6-13/h1-8,11,16,18H,9-10H2. The van der Waals surface area contributed by atoms with Gasteiger partial charge in [0.25, 0.3) is 0 Å². The average Bonchev–Trinajstić information content (AvgIpc) is 2.46. The van der Waals surface area contributed by atoms with Crippen LogP contribution in [0.5, 0.6) is 0 Å². The van der Waals surface area contributed by atoms with Crippen molar-refractivity contribution in [2.75, 3.05) is 0 Å². The highest BCUT2D eigenvalue weighted by atomic mass is 16.3. The van der Waals surface area contributed by atoms with Gasteiger partial charge in [0.1, 0.15) is 0 Å². The molecule has 90 valence electrons. The Balaban J connectivity index is 1.99. The van der Waals surface area contributed by atoms with Crippen LogP contribution in [-0.4, -0.2) is 5.11 Å². The summed E-state index contributed by atoms with van der Waals surface area (Å²) in [5.74, 6) is 0. The second-order valence-corrected chi connectivity index (χ2v) is 4.28. The Kier molecular flexibility index (Phi) is 4.11. The van der Waals surface area contributed by atoms with Gasteiger partial charge in [0.2, 0.25) is 0 Å². The topological polar surface area (TPSA) is 44.0 Å². The molecule has 0 heterocycles. The van der Waals surface area contributed by atoms with E-state index >= 15 is 0 Å². The highest BCUT2D eigenvalue weighted by molar-refractivity contribution is 5.33. The maximum atomic E-state index is 10.1. The molecule has 0 spiro atoms. The van der Waals surface area contributed by atoms with E-state index in [0.717, 1.165) is 12.0 Å². The van der Waals surface area contributed by atoms with Crippen LogP contribution in [0.15, 0.2) is 54.6 Å². The number of hydrogen-bond acceptors (Lipinski definition) is 2. The fraction of sp³-hybridized carbons (Fsp3) is 0.188. The number of rotatable bonds is 4. The summed E-state index contributed by atoms with van der Waals surface area (Å²) >= 11 is 0. The Morgan fingerprint density at radius 1 is 1.06 bits per heavy atom. The van der Waals surface area contributed by atoms with E-state index < -0.39 is 6.10 Å². The maximum Gasteiger partial charge on any atom is 0.0991 e. The minimum absolute atomic E-state index is 0.515. The van der Waals surface area contributed by atoms with E-state index in [0.29, 0.717) is 12.0 Å². The molecule has 0 saturated carbocycles. The molecule has 0 radical (unpaired) electrons. The van der Waals surface area contributed by atoms with Gasteiger partial charge < -0.3 is 5.11 Å². The van der Waals surface area contributed by atoms with Crippen molar-refractivity contribution >= 4 is 0 Å². The van der Waals surface area contributed by atoms with Gasteiger partial charge in [-0.25, -0.2) is 0 Å². The lowest BCUT2D eigenvalue weighted by molar-refractivity contribution is 0.168. The molecule has 0 aromatic heterocycles. The van der Waals surface area contributed by atoms with E-state index in [9.17, 15) is 5.11 Å². The number of aliphatic hydroxyl groups is 1. The summed E-state index contributed by atoms with van der Waals surface area (Å²) < 4.78 is 0. The van der Waals surface area contributed by atoms with Crippen LogP contribution in [-0.2, 0) is 6.42 Å². The number of benzene rings is 2. The van der Waals surface area contributed by atoms with Crippen LogP contribution in [0.2, 0.25) is 0 Å². The molecule has 1 atom stereocenters. The molecule has 0 fully saturated rings. The lowest BCUT2D eigenvalue weighted by Gasteiger charge is -2.11. The van der Waals surface area contributed by atoms with E-state index in [1.807, 2.05) is 24.3 Å². The van der Waals surface area contributed by atoms with Gasteiger partial charge in [-0.15, -0.1) is 0 Å². The largest absolute Gasteiger partial charge is 0.388 e. The van der Waals surface area contributed by atoms with Crippen LogP contribution in [0.25, 0.3) is 0 Å². The zero-order valence-corrected chi connectivity index (χ0v) is 10.1. The van der Waals surface area contributed by atoms with Crippen molar-refractivity contribution in [3.8, 4) is 6.07 Å². The van der Waals surface area contributed by atoms with Crippen LogP contribution in [0.1, 0.15) is 29.2 Å². The molecule has 2 aromatic rings. The molecule has 0 aliphatic heterocycles. The second-order valence-electron chi connectivity index (χ2n) is 4.28. The summed E-state index contributed by atoms with van der Waals surface area (Å²) in [5.41, 5.74) is 2.62. The average molecular weight is 237 g/mol. The molecule has 0 aliphatic carbocycles. The molecule has 0 amide bonds. The van der Waals surface area contributed by atoms with Gasteiger partial charge >= 0.3 is 0 Å². The van der Waals surface area contributed by atoms with E-state index in [2.05, 4.69) is 18.2 Å². The lowest BCUT2D eigenvalue weighted by Crippen LogP contribution is -2.00. The highest BCUT2D eigenvalue weighted by Gasteiger charge is 2.08. The first-order valence-electron chi connectivity index (χ1n) is 6.01. The predicted molar refractivity (Wildman–Crippen MR) is 70.9 cm³/mol. The molecule has 2 heteroatoms. The predicted octanol–water partition coefficient (Wildman–Crippen LogP) is 3.22. The van der Waals surface area contributed by atoms with Crippen LogP contribution in [0, 0.1) is 11.3 Å². The fourth-order valence-corrected chi connectivity index (χ4v) is 1.93. The van der Waals surface area contributed by atoms with Crippen LogP contribution >= 0.6 is 0 Å². The number of aliphatic hydroxyl groups excluding tert-OH is 1. The number of hydrogen-bond donors (Lipinski definition) is 1.